The molecule has 1 N–H and O–H groups in total. The smallest absolute Gasteiger partial charge is 0.272 e. The molecule has 1 aliphatic rings. The Morgan fingerprint density at radius 2 is 2.07 bits per heavy atom. The number of rotatable bonds is 7. The fourth-order valence-electron chi connectivity index (χ4n) is 3.85. The van der Waals surface area contributed by atoms with Crippen LogP contribution in [0.1, 0.15) is 59.0 Å². The van der Waals surface area contributed by atoms with Crippen LogP contribution < -0.4 is 10.1 Å². The van der Waals surface area contributed by atoms with Gasteiger partial charge in [0.15, 0.2) is 0 Å². The standard InChI is InChI=1S/C23H29N3O3/c1-3-19-9-6-7-15-26(19)23(28)20-16-18(12-13-24-20)22(27)25-14-11-17-8-4-5-10-21(17)29-2/h4-5,8,10,12-13,16,19H,3,6-7,9,11,14-15H2,1-2H3,(H,25,27). The van der Waals surface area contributed by atoms with Crippen molar-refractivity contribution < 1.29 is 14.3 Å². The highest BCUT2D eigenvalue weighted by Crippen LogP contribution is 2.21. The number of nitrogens with one attached hydrogen (secondary N) is 1. The number of pyridine rings is 1. The second-order valence-corrected chi connectivity index (χ2v) is 7.30. The molecule has 2 aromatic rings. The molecule has 0 aliphatic carbocycles. The van der Waals surface area contributed by atoms with Crippen molar-refractivity contribution >= 4 is 11.8 Å². The Hall–Kier alpha value is -2.89. The van der Waals surface area contributed by atoms with Crippen LogP contribution in [-0.2, 0) is 6.42 Å². The zero-order valence-electron chi connectivity index (χ0n) is 17.2. The Morgan fingerprint density at radius 1 is 1.24 bits per heavy atom. The van der Waals surface area contributed by atoms with Gasteiger partial charge >= 0.3 is 0 Å². The normalized spacial score (nSPS) is 16.3. The molecule has 3 rings (SSSR count). The van der Waals surface area contributed by atoms with Crippen LogP contribution in [-0.4, -0.2) is 47.9 Å². The molecule has 6 heteroatoms. The highest BCUT2D eigenvalue weighted by Gasteiger charge is 2.27. The first-order valence-corrected chi connectivity index (χ1v) is 10.3. The van der Waals surface area contributed by atoms with Crippen molar-refractivity contribution in [1.29, 1.82) is 0 Å². The minimum absolute atomic E-state index is 0.0831. The number of hydrogen-bond donors (Lipinski definition) is 1. The predicted molar refractivity (Wildman–Crippen MR) is 112 cm³/mol. The molecule has 1 unspecified atom stereocenters. The third-order valence-electron chi connectivity index (χ3n) is 5.47. The lowest BCUT2D eigenvalue weighted by Crippen LogP contribution is -2.43. The number of methoxy groups -OCH3 is 1. The van der Waals surface area contributed by atoms with E-state index >= 15 is 0 Å². The topological polar surface area (TPSA) is 71.5 Å². The molecule has 1 aromatic heterocycles. The Bertz CT molecular complexity index is 853. The van der Waals surface area contributed by atoms with Crippen LogP contribution in [0.15, 0.2) is 42.6 Å². The molecule has 1 atom stereocenters. The lowest BCUT2D eigenvalue weighted by Gasteiger charge is -2.35. The molecule has 1 aromatic carbocycles. The van der Waals surface area contributed by atoms with Gasteiger partial charge in [-0.1, -0.05) is 25.1 Å². The molecule has 0 bridgehead atoms. The van der Waals surface area contributed by atoms with Crippen LogP contribution in [0.25, 0.3) is 0 Å². The summed E-state index contributed by atoms with van der Waals surface area (Å²) in [5.74, 6) is 0.521. The molecule has 6 nitrogen and oxygen atoms in total. The van der Waals surface area contributed by atoms with Crippen molar-refractivity contribution in [2.45, 2.75) is 45.1 Å². The van der Waals surface area contributed by atoms with Crippen LogP contribution >= 0.6 is 0 Å². The Kier molecular flexibility index (Phi) is 7.22. The highest BCUT2D eigenvalue weighted by molar-refractivity contribution is 5.98. The first kappa shape index (κ1) is 20.8. The van der Waals surface area contributed by atoms with E-state index in [1.54, 1.807) is 19.2 Å². The molecule has 2 heterocycles. The summed E-state index contributed by atoms with van der Waals surface area (Å²) in [5, 5.41) is 2.92. The van der Waals surface area contributed by atoms with Crippen molar-refractivity contribution in [3.8, 4) is 5.75 Å². The van der Waals surface area contributed by atoms with Gasteiger partial charge in [-0.15, -0.1) is 0 Å². The Balaban J connectivity index is 1.62. The molecule has 1 aliphatic heterocycles. The third-order valence-corrected chi connectivity index (χ3v) is 5.47. The molecular formula is C23H29N3O3. The number of aromatic nitrogens is 1. The molecule has 0 radical (unpaired) electrons. The van der Waals surface area contributed by atoms with Crippen LogP contribution in [0, 0.1) is 0 Å². The highest BCUT2D eigenvalue weighted by atomic mass is 16.5. The molecule has 1 saturated heterocycles. The number of amides is 2. The zero-order valence-corrected chi connectivity index (χ0v) is 17.2. The van der Waals surface area contributed by atoms with Gasteiger partial charge in [0.05, 0.1) is 7.11 Å². The van der Waals surface area contributed by atoms with E-state index in [1.165, 1.54) is 6.20 Å². The van der Waals surface area contributed by atoms with Gasteiger partial charge < -0.3 is 15.0 Å². The first-order chi connectivity index (χ1) is 14.1. The molecular weight excluding hydrogens is 366 g/mol. The number of nitrogens with zero attached hydrogens (tertiary/aromatic N) is 2. The summed E-state index contributed by atoms with van der Waals surface area (Å²) in [7, 11) is 1.64. The number of likely N-dealkylation sites (tertiary alicyclic amines) is 1. The molecule has 29 heavy (non-hydrogen) atoms. The summed E-state index contributed by atoms with van der Waals surface area (Å²) >= 11 is 0. The minimum atomic E-state index is -0.206. The molecule has 2 amide bonds. The molecule has 0 spiro atoms. The molecule has 154 valence electrons. The predicted octanol–water partition coefficient (Wildman–Crippen LogP) is 3.47. The second-order valence-electron chi connectivity index (χ2n) is 7.30. The van der Waals surface area contributed by atoms with Crippen LogP contribution in [0.3, 0.4) is 0 Å². The van der Waals surface area contributed by atoms with E-state index in [4.69, 9.17) is 4.74 Å². The van der Waals surface area contributed by atoms with E-state index in [0.29, 0.717) is 24.2 Å². The third kappa shape index (κ3) is 5.13. The SMILES string of the molecule is CCC1CCCCN1C(=O)c1cc(C(=O)NCCc2ccccc2OC)ccn1. The summed E-state index contributed by atoms with van der Waals surface area (Å²) in [6.07, 6.45) is 6.35. The second kappa shape index (κ2) is 10.0. The fraction of sp³-hybridized carbons (Fsp3) is 0.435. The maximum atomic E-state index is 12.9. The number of carbonyl (C=O) groups excluding carboxylic acids is 2. The quantitative estimate of drug-likeness (QED) is 0.779. The number of benzene rings is 1. The van der Waals surface area contributed by atoms with Crippen molar-refractivity contribution in [2.75, 3.05) is 20.2 Å². The Morgan fingerprint density at radius 3 is 2.86 bits per heavy atom. The summed E-state index contributed by atoms with van der Waals surface area (Å²) in [6.45, 7) is 3.35. The summed E-state index contributed by atoms with van der Waals surface area (Å²) in [6, 6.07) is 11.3. The van der Waals surface area contributed by atoms with Gasteiger partial charge in [-0.2, -0.15) is 0 Å². The minimum Gasteiger partial charge on any atom is -0.496 e. The van der Waals surface area contributed by atoms with Gasteiger partial charge in [0.2, 0.25) is 0 Å². The lowest BCUT2D eigenvalue weighted by atomic mass is 9.99. The van der Waals surface area contributed by atoms with E-state index in [2.05, 4.69) is 17.2 Å². The molecule has 1 fully saturated rings. The van der Waals surface area contributed by atoms with Crippen molar-refractivity contribution in [1.82, 2.24) is 15.2 Å². The fourth-order valence-corrected chi connectivity index (χ4v) is 3.85. The molecule has 0 saturated carbocycles. The number of ether oxygens (including phenoxy) is 1. The van der Waals surface area contributed by atoms with Gasteiger partial charge in [-0.25, -0.2) is 0 Å². The van der Waals surface area contributed by atoms with Gasteiger partial charge in [-0.05, 0) is 55.9 Å². The van der Waals surface area contributed by atoms with Crippen LogP contribution in [0.5, 0.6) is 5.75 Å². The van der Waals surface area contributed by atoms with Gasteiger partial charge in [0.25, 0.3) is 11.8 Å². The monoisotopic (exact) mass is 395 g/mol. The van der Waals surface area contributed by atoms with Crippen LogP contribution in [0.2, 0.25) is 0 Å². The Labute approximate surface area is 172 Å². The number of carbonyl (C=O) groups is 2. The van der Waals surface area contributed by atoms with E-state index in [0.717, 1.165) is 43.5 Å². The zero-order chi connectivity index (χ0) is 20.6. The number of hydrogen-bond acceptors (Lipinski definition) is 4. The van der Waals surface area contributed by atoms with Gasteiger partial charge in [-0.3, -0.25) is 14.6 Å². The largest absolute Gasteiger partial charge is 0.496 e. The van der Waals surface area contributed by atoms with Crippen molar-refractivity contribution in [3.63, 3.8) is 0 Å². The summed E-state index contributed by atoms with van der Waals surface area (Å²) < 4.78 is 5.34. The maximum absolute atomic E-state index is 12.9. The maximum Gasteiger partial charge on any atom is 0.272 e. The van der Waals surface area contributed by atoms with E-state index in [-0.39, 0.29) is 17.9 Å². The lowest BCUT2D eigenvalue weighted by molar-refractivity contribution is 0.0602. The summed E-state index contributed by atoms with van der Waals surface area (Å²) in [4.78, 5) is 31.6. The van der Waals surface area contributed by atoms with E-state index < -0.39 is 0 Å². The van der Waals surface area contributed by atoms with Gasteiger partial charge in [0, 0.05) is 30.9 Å². The number of piperidine rings is 1. The van der Waals surface area contributed by atoms with Gasteiger partial charge in [0.1, 0.15) is 11.4 Å². The summed E-state index contributed by atoms with van der Waals surface area (Å²) in [5.41, 5.74) is 1.83. The van der Waals surface area contributed by atoms with Crippen molar-refractivity contribution in [2.24, 2.45) is 0 Å². The van der Waals surface area contributed by atoms with Crippen LogP contribution in [0.4, 0.5) is 0 Å². The van der Waals surface area contributed by atoms with E-state index in [9.17, 15) is 9.59 Å². The first-order valence-electron chi connectivity index (χ1n) is 10.3. The average molecular weight is 396 g/mol. The number of para-hydroxylation sites is 1. The average Bonchev–Trinajstić information content (AvgIpc) is 2.78. The van der Waals surface area contributed by atoms with Crippen molar-refractivity contribution in [3.05, 3.63) is 59.4 Å². The van der Waals surface area contributed by atoms with E-state index in [1.807, 2.05) is 29.2 Å².